The minimum Gasteiger partial charge on any atom is -0.485 e. The van der Waals surface area contributed by atoms with E-state index in [1.807, 2.05) is 109 Å². The lowest BCUT2D eigenvalue weighted by atomic mass is 10.0. The van der Waals surface area contributed by atoms with Crippen LogP contribution in [0.1, 0.15) is 32.6 Å². The van der Waals surface area contributed by atoms with Crippen LogP contribution >= 0.6 is 15.9 Å². The van der Waals surface area contributed by atoms with Gasteiger partial charge in [0.15, 0.2) is 17.3 Å². The molecule has 0 atom stereocenters. The van der Waals surface area contributed by atoms with Gasteiger partial charge in [-0.25, -0.2) is 0 Å². The van der Waals surface area contributed by atoms with Gasteiger partial charge in [0, 0.05) is 15.4 Å². The van der Waals surface area contributed by atoms with Crippen molar-refractivity contribution < 1.29 is 23.4 Å². The molecule has 1 aromatic heterocycles. The van der Waals surface area contributed by atoms with Gasteiger partial charge in [0.25, 0.3) is 0 Å². The zero-order valence-electron chi connectivity index (χ0n) is 22.7. The summed E-state index contributed by atoms with van der Waals surface area (Å²) in [4.78, 5) is 13.9. The van der Waals surface area contributed by atoms with Gasteiger partial charge < -0.3 is 18.6 Å². The maximum atomic E-state index is 13.9. The summed E-state index contributed by atoms with van der Waals surface area (Å²) in [6.45, 7) is 0.887. The fraction of sp³-hybridized carbons (Fsp3) is 0.0833. The van der Waals surface area contributed by atoms with Crippen molar-refractivity contribution in [1.82, 2.24) is 0 Å². The summed E-state index contributed by atoms with van der Waals surface area (Å²) < 4.78 is 25.6. The molecule has 0 saturated heterocycles. The molecule has 42 heavy (non-hydrogen) atoms. The molecule has 0 amide bonds. The van der Waals surface area contributed by atoms with Crippen LogP contribution in [0.5, 0.6) is 17.2 Å². The Morgan fingerprint density at radius 3 is 1.64 bits per heavy atom. The van der Waals surface area contributed by atoms with Crippen LogP contribution in [-0.4, -0.2) is 5.78 Å². The number of furan rings is 1. The molecule has 0 fully saturated rings. The Bertz CT molecular complexity index is 1730. The largest absolute Gasteiger partial charge is 0.485 e. The summed E-state index contributed by atoms with van der Waals surface area (Å²) in [5.41, 5.74) is 4.45. The number of rotatable bonds is 11. The number of carbonyl (C=O) groups excluding carboxylic acids is 1. The van der Waals surface area contributed by atoms with Crippen molar-refractivity contribution >= 4 is 32.7 Å². The molecule has 0 unspecified atom stereocenters. The predicted octanol–water partition coefficient (Wildman–Crippen LogP) is 9.16. The molecule has 5 nitrogen and oxygen atoms in total. The lowest BCUT2D eigenvalue weighted by molar-refractivity contribution is 0.103. The van der Waals surface area contributed by atoms with E-state index < -0.39 is 0 Å². The smallest absolute Gasteiger partial charge is 0.203 e. The zero-order chi connectivity index (χ0) is 28.7. The van der Waals surface area contributed by atoms with Gasteiger partial charge in [-0.05, 0) is 47.0 Å². The van der Waals surface area contributed by atoms with E-state index in [4.69, 9.17) is 18.6 Å². The average molecular weight is 620 g/mol. The Labute approximate surface area is 252 Å². The summed E-state index contributed by atoms with van der Waals surface area (Å²) in [7, 11) is 0. The van der Waals surface area contributed by atoms with Gasteiger partial charge in [0.2, 0.25) is 5.75 Å². The number of benzene rings is 5. The first-order chi connectivity index (χ1) is 20.6. The lowest BCUT2D eigenvalue weighted by Gasteiger charge is -2.19. The highest BCUT2D eigenvalue weighted by Crippen LogP contribution is 2.41. The fourth-order valence-corrected chi connectivity index (χ4v) is 4.96. The Kier molecular flexibility index (Phi) is 8.33. The molecule has 208 valence electrons. The van der Waals surface area contributed by atoms with E-state index in [0.717, 1.165) is 26.5 Å². The van der Waals surface area contributed by atoms with Crippen molar-refractivity contribution in [2.24, 2.45) is 0 Å². The van der Waals surface area contributed by atoms with Crippen LogP contribution in [0.2, 0.25) is 0 Å². The maximum absolute atomic E-state index is 13.9. The summed E-state index contributed by atoms with van der Waals surface area (Å²) in [6.07, 6.45) is 1.49. The molecule has 0 aliphatic heterocycles. The van der Waals surface area contributed by atoms with Crippen LogP contribution in [0, 0.1) is 0 Å². The standard InChI is InChI=1S/C36H27BrO5/c37-29-16-17-32-30(20-29)31(24-41-32)35(38)28-18-33(39-21-25-10-4-1-5-11-25)36(42-23-27-14-8-3-9-15-27)34(19-28)40-22-26-12-6-2-7-13-26/h1-20,24H,21-23H2. The van der Waals surface area contributed by atoms with Crippen molar-refractivity contribution in [2.45, 2.75) is 19.8 Å². The molecule has 1 heterocycles. The van der Waals surface area contributed by atoms with Gasteiger partial charge in [-0.2, -0.15) is 0 Å². The molecule has 6 heteroatoms. The predicted molar refractivity (Wildman–Crippen MR) is 166 cm³/mol. The van der Waals surface area contributed by atoms with Crippen LogP contribution in [0.15, 0.2) is 136 Å². The second kappa shape index (κ2) is 12.8. The van der Waals surface area contributed by atoms with Crippen molar-refractivity contribution in [3.8, 4) is 17.2 Å². The summed E-state index contributed by atoms with van der Waals surface area (Å²) in [5, 5.41) is 0.720. The van der Waals surface area contributed by atoms with Crippen LogP contribution in [0.4, 0.5) is 0 Å². The highest BCUT2D eigenvalue weighted by atomic mass is 79.9. The normalized spacial score (nSPS) is 10.9. The highest BCUT2D eigenvalue weighted by molar-refractivity contribution is 9.10. The molecular weight excluding hydrogens is 592 g/mol. The minimum absolute atomic E-state index is 0.212. The van der Waals surface area contributed by atoms with Gasteiger partial charge in [-0.1, -0.05) is 107 Å². The van der Waals surface area contributed by atoms with Gasteiger partial charge >= 0.3 is 0 Å². The van der Waals surface area contributed by atoms with Crippen molar-refractivity contribution in [3.05, 3.63) is 160 Å². The Morgan fingerprint density at radius 2 is 1.12 bits per heavy atom. The van der Waals surface area contributed by atoms with Gasteiger partial charge in [0.05, 0.1) is 5.56 Å². The maximum Gasteiger partial charge on any atom is 0.203 e. The van der Waals surface area contributed by atoms with Gasteiger partial charge in [-0.3, -0.25) is 4.79 Å². The molecule has 0 radical (unpaired) electrons. The molecular formula is C36H27BrO5. The monoisotopic (exact) mass is 618 g/mol. The fourth-order valence-electron chi connectivity index (χ4n) is 4.60. The molecule has 0 aliphatic rings. The molecule has 0 spiro atoms. The summed E-state index contributed by atoms with van der Waals surface area (Å²) in [5.74, 6) is 1.05. The topological polar surface area (TPSA) is 57.9 Å². The first-order valence-electron chi connectivity index (χ1n) is 13.5. The van der Waals surface area contributed by atoms with E-state index in [1.54, 1.807) is 12.1 Å². The van der Waals surface area contributed by atoms with E-state index in [1.165, 1.54) is 6.26 Å². The Hall–Kier alpha value is -4.81. The van der Waals surface area contributed by atoms with E-state index in [9.17, 15) is 4.79 Å². The number of ketones is 1. The highest BCUT2D eigenvalue weighted by Gasteiger charge is 2.23. The second-order valence-electron chi connectivity index (χ2n) is 9.74. The van der Waals surface area contributed by atoms with E-state index in [0.29, 0.717) is 53.8 Å². The molecule has 0 N–H and O–H groups in total. The van der Waals surface area contributed by atoms with Crippen molar-refractivity contribution in [2.75, 3.05) is 0 Å². The SMILES string of the molecule is O=C(c1cc(OCc2ccccc2)c(OCc2ccccc2)c(OCc2ccccc2)c1)c1coc2ccc(Br)cc12. The van der Waals surface area contributed by atoms with E-state index in [-0.39, 0.29) is 5.78 Å². The number of fused-ring (bicyclic) bond motifs is 1. The molecule has 6 aromatic rings. The van der Waals surface area contributed by atoms with E-state index in [2.05, 4.69) is 15.9 Å². The van der Waals surface area contributed by atoms with Crippen LogP contribution in [0.25, 0.3) is 11.0 Å². The summed E-state index contributed by atoms with van der Waals surface area (Å²) in [6, 6.07) is 38.6. The van der Waals surface area contributed by atoms with Crippen molar-refractivity contribution in [1.29, 1.82) is 0 Å². The summed E-state index contributed by atoms with van der Waals surface area (Å²) >= 11 is 3.50. The number of halogens is 1. The molecule has 6 rings (SSSR count). The zero-order valence-corrected chi connectivity index (χ0v) is 24.3. The molecule has 5 aromatic carbocycles. The third kappa shape index (κ3) is 6.40. The number of hydrogen-bond donors (Lipinski definition) is 0. The number of ether oxygens (including phenoxy) is 3. The minimum atomic E-state index is -0.212. The third-order valence-electron chi connectivity index (χ3n) is 6.76. The second-order valence-corrected chi connectivity index (χ2v) is 10.7. The third-order valence-corrected chi connectivity index (χ3v) is 7.26. The van der Waals surface area contributed by atoms with E-state index >= 15 is 0 Å². The molecule has 0 bridgehead atoms. The van der Waals surface area contributed by atoms with Crippen molar-refractivity contribution in [3.63, 3.8) is 0 Å². The van der Waals surface area contributed by atoms with Gasteiger partial charge in [0.1, 0.15) is 31.7 Å². The lowest BCUT2D eigenvalue weighted by Crippen LogP contribution is -2.07. The number of carbonyl (C=O) groups is 1. The molecule has 0 aliphatic carbocycles. The Balaban J connectivity index is 1.41. The first kappa shape index (κ1) is 27.4. The van der Waals surface area contributed by atoms with Crippen LogP contribution < -0.4 is 14.2 Å². The quantitative estimate of drug-likeness (QED) is 0.135. The Morgan fingerprint density at radius 1 is 0.619 bits per heavy atom. The average Bonchev–Trinajstić information content (AvgIpc) is 3.46. The first-order valence-corrected chi connectivity index (χ1v) is 14.3. The molecule has 0 saturated carbocycles. The van der Waals surface area contributed by atoms with Crippen LogP contribution in [-0.2, 0) is 19.8 Å². The number of hydrogen-bond acceptors (Lipinski definition) is 5. The van der Waals surface area contributed by atoms with Crippen LogP contribution in [0.3, 0.4) is 0 Å². The van der Waals surface area contributed by atoms with Gasteiger partial charge in [-0.15, -0.1) is 0 Å².